The summed E-state index contributed by atoms with van der Waals surface area (Å²) in [5.74, 6) is -0.174. The molecule has 0 aromatic heterocycles. The molecule has 0 spiro atoms. The Labute approximate surface area is 439 Å². The number of hydrogen-bond acceptors (Lipinski definition) is 8. The first-order valence-electron chi connectivity index (χ1n) is 31.1. The van der Waals surface area contributed by atoms with Gasteiger partial charge in [0, 0.05) is 6.42 Å². The number of hydrogen-bond donors (Lipinski definition) is 6. The summed E-state index contributed by atoms with van der Waals surface area (Å²) in [6.45, 7) is 3.82. The SMILES string of the molecule is CCCCCCCCCC/C=C\CCCCCCCCCCCC(=O)NC(COC1OC(CO)C(O)C(O)C1O)C(O)/C=C/CCCCCCCCCCCCCCCCCCCCCCCCCCC. The van der Waals surface area contributed by atoms with Crippen molar-refractivity contribution in [3.8, 4) is 0 Å². The summed E-state index contributed by atoms with van der Waals surface area (Å²) >= 11 is 0. The smallest absolute Gasteiger partial charge is 0.220 e. The zero-order chi connectivity index (χ0) is 51.5. The van der Waals surface area contributed by atoms with Crippen LogP contribution in [0.25, 0.3) is 0 Å². The highest BCUT2D eigenvalue weighted by Crippen LogP contribution is 2.23. The van der Waals surface area contributed by atoms with E-state index in [1.807, 2.05) is 6.08 Å². The van der Waals surface area contributed by atoms with Crippen LogP contribution in [-0.4, -0.2) is 87.5 Å². The molecule has 0 aliphatic carbocycles. The Hall–Kier alpha value is -1.33. The zero-order valence-electron chi connectivity index (χ0n) is 46.8. The van der Waals surface area contributed by atoms with Crippen LogP contribution in [0.4, 0.5) is 0 Å². The van der Waals surface area contributed by atoms with E-state index < -0.39 is 49.5 Å². The topological polar surface area (TPSA) is 149 Å². The number of aliphatic hydroxyl groups excluding tert-OH is 5. The van der Waals surface area contributed by atoms with Crippen LogP contribution in [0, 0.1) is 0 Å². The second kappa shape index (κ2) is 52.1. The third-order valence-corrected chi connectivity index (χ3v) is 15.0. The normalized spacial score (nSPS) is 19.3. The monoisotopic (exact) mass is 1010 g/mol. The van der Waals surface area contributed by atoms with Gasteiger partial charge in [0.05, 0.1) is 25.4 Å². The summed E-state index contributed by atoms with van der Waals surface area (Å²) in [5.41, 5.74) is 0. The molecule has 0 aromatic rings. The van der Waals surface area contributed by atoms with Gasteiger partial charge >= 0.3 is 0 Å². The molecule has 1 fully saturated rings. The van der Waals surface area contributed by atoms with E-state index in [0.717, 1.165) is 38.5 Å². The Balaban J connectivity index is 2.19. The summed E-state index contributed by atoms with van der Waals surface area (Å²) in [6, 6.07) is -0.805. The van der Waals surface area contributed by atoms with Crippen LogP contribution < -0.4 is 5.32 Å². The maximum Gasteiger partial charge on any atom is 0.220 e. The molecule has 420 valence electrons. The van der Waals surface area contributed by atoms with E-state index in [-0.39, 0.29) is 12.5 Å². The van der Waals surface area contributed by atoms with Crippen molar-refractivity contribution in [2.75, 3.05) is 13.2 Å². The number of amides is 1. The summed E-state index contributed by atoms with van der Waals surface area (Å²) < 4.78 is 11.3. The van der Waals surface area contributed by atoms with Crippen molar-refractivity contribution in [2.24, 2.45) is 0 Å². The van der Waals surface area contributed by atoms with Gasteiger partial charge in [-0.25, -0.2) is 0 Å². The molecule has 1 heterocycles. The lowest BCUT2D eigenvalue weighted by Gasteiger charge is -2.40. The van der Waals surface area contributed by atoms with Crippen molar-refractivity contribution < 1.29 is 39.8 Å². The Bertz CT molecular complexity index is 1170. The lowest BCUT2D eigenvalue weighted by Crippen LogP contribution is -2.60. The Kier molecular flexibility index (Phi) is 49.7. The molecule has 1 aliphatic heterocycles. The fourth-order valence-electron chi connectivity index (χ4n) is 10.1. The van der Waals surface area contributed by atoms with Crippen LogP contribution >= 0.6 is 0 Å². The Morgan fingerprint density at radius 2 is 0.789 bits per heavy atom. The van der Waals surface area contributed by atoms with Gasteiger partial charge in [-0.1, -0.05) is 282 Å². The average Bonchev–Trinajstić information content (AvgIpc) is 3.37. The molecular weight excluding hydrogens is 887 g/mol. The minimum absolute atomic E-state index is 0.174. The Morgan fingerprint density at radius 1 is 0.465 bits per heavy atom. The maximum absolute atomic E-state index is 13.1. The third-order valence-electron chi connectivity index (χ3n) is 15.0. The molecule has 1 amide bonds. The van der Waals surface area contributed by atoms with Gasteiger partial charge in [-0.3, -0.25) is 4.79 Å². The van der Waals surface area contributed by atoms with Crippen LogP contribution in [0.5, 0.6) is 0 Å². The summed E-state index contributed by atoms with van der Waals surface area (Å²) in [7, 11) is 0. The van der Waals surface area contributed by atoms with Gasteiger partial charge in [0.25, 0.3) is 0 Å². The molecular formula is C62H119NO8. The molecule has 1 rings (SSSR count). The van der Waals surface area contributed by atoms with E-state index in [2.05, 4.69) is 31.3 Å². The summed E-state index contributed by atoms with van der Waals surface area (Å²) in [6.07, 6.45) is 59.7. The molecule has 0 saturated carbocycles. The number of carbonyl (C=O) groups excluding carboxylic acids is 1. The summed E-state index contributed by atoms with van der Waals surface area (Å²) in [5, 5.41) is 54.6. The lowest BCUT2D eigenvalue weighted by molar-refractivity contribution is -0.302. The Morgan fingerprint density at radius 3 is 1.14 bits per heavy atom. The molecule has 0 bridgehead atoms. The summed E-state index contributed by atoms with van der Waals surface area (Å²) in [4.78, 5) is 13.1. The van der Waals surface area contributed by atoms with Gasteiger partial charge in [0.2, 0.25) is 5.91 Å². The van der Waals surface area contributed by atoms with E-state index in [1.165, 1.54) is 250 Å². The largest absolute Gasteiger partial charge is 0.394 e. The van der Waals surface area contributed by atoms with Crippen LogP contribution in [0.3, 0.4) is 0 Å². The number of carbonyl (C=O) groups is 1. The number of aliphatic hydroxyl groups is 5. The standard InChI is InChI=1S/C62H119NO8/c1-3-5-7-9-11-13-15-17-19-21-23-25-26-27-28-29-30-32-33-35-37-39-41-43-45-47-49-51-56(65)55(54-70-62-61(69)60(68)59(67)57(53-64)71-62)63-58(66)52-50-48-46-44-42-40-38-36-34-31-24-22-20-18-16-14-12-10-8-6-4-2/h22,24,49,51,55-57,59-62,64-65,67-69H,3-21,23,25-48,50,52-54H2,1-2H3,(H,63,66)/b24-22-,51-49+. The van der Waals surface area contributed by atoms with Gasteiger partial charge in [-0.2, -0.15) is 0 Å². The van der Waals surface area contributed by atoms with Crippen LogP contribution in [0.15, 0.2) is 24.3 Å². The fraction of sp³-hybridized carbons (Fsp3) is 0.919. The number of nitrogens with one attached hydrogen (secondary N) is 1. The third kappa shape index (κ3) is 41.6. The minimum atomic E-state index is -1.57. The minimum Gasteiger partial charge on any atom is -0.394 e. The van der Waals surface area contributed by atoms with Gasteiger partial charge in [-0.15, -0.1) is 0 Å². The molecule has 9 heteroatoms. The number of rotatable bonds is 54. The van der Waals surface area contributed by atoms with Crippen LogP contribution in [0.2, 0.25) is 0 Å². The van der Waals surface area contributed by atoms with Crippen molar-refractivity contribution in [3.05, 3.63) is 24.3 Å². The average molecular weight is 1010 g/mol. The fourth-order valence-corrected chi connectivity index (χ4v) is 10.1. The second-order valence-corrected chi connectivity index (χ2v) is 21.9. The van der Waals surface area contributed by atoms with E-state index in [0.29, 0.717) is 6.42 Å². The zero-order valence-corrected chi connectivity index (χ0v) is 46.8. The molecule has 0 aromatic carbocycles. The van der Waals surface area contributed by atoms with Crippen molar-refractivity contribution in [1.82, 2.24) is 5.32 Å². The highest BCUT2D eigenvalue weighted by molar-refractivity contribution is 5.76. The first-order valence-corrected chi connectivity index (χ1v) is 31.1. The van der Waals surface area contributed by atoms with E-state index in [4.69, 9.17) is 9.47 Å². The molecule has 9 nitrogen and oxygen atoms in total. The number of allylic oxidation sites excluding steroid dienone is 3. The lowest BCUT2D eigenvalue weighted by atomic mass is 9.99. The molecule has 1 aliphatic rings. The van der Waals surface area contributed by atoms with Gasteiger partial charge in [-0.05, 0) is 44.9 Å². The number of ether oxygens (including phenoxy) is 2. The first-order chi connectivity index (χ1) is 34.8. The van der Waals surface area contributed by atoms with E-state index in [9.17, 15) is 30.3 Å². The molecule has 1 saturated heterocycles. The predicted molar refractivity (Wildman–Crippen MR) is 300 cm³/mol. The molecule has 6 N–H and O–H groups in total. The van der Waals surface area contributed by atoms with Crippen molar-refractivity contribution in [2.45, 2.75) is 352 Å². The van der Waals surface area contributed by atoms with E-state index in [1.54, 1.807) is 6.08 Å². The van der Waals surface area contributed by atoms with Crippen molar-refractivity contribution >= 4 is 5.91 Å². The quantitative estimate of drug-likeness (QED) is 0.0261. The second-order valence-electron chi connectivity index (χ2n) is 21.9. The maximum atomic E-state index is 13.1. The molecule has 0 radical (unpaired) electrons. The molecule has 7 atom stereocenters. The molecule has 71 heavy (non-hydrogen) atoms. The predicted octanol–water partition coefficient (Wildman–Crippen LogP) is 15.7. The van der Waals surface area contributed by atoms with Gasteiger partial charge < -0.3 is 40.3 Å². The van der Waals surface area contributed by atoms with Crippen LogP contribution in [-0.2, 0) is 14.3 Å². The van der Waals surface area contributed by atoms with Gasteiger partial charge in [0.15, 0.2) is 6.29 Å². The number of unbranched alkanes of at least 4 members (excludes halogenated alkanes) is 42. The van der Waals surface area contributed by atoms with Crippen LogP contribution in [0.1, 0.15) is 309 Å². The highest BCUT2D eigenvalue weighted by atomic mass is 16.7. The molecule has 7 unspecified atom stereocenters. The van der Waals surface area contributed by atoms with Gasteiger partial charge in [0.1, 0.15) is 24.4 Å². The highest BCUT2D eigenvalue weighted by Gasteiger charge is 2.44. The van der Waals surface area contributed by atoms with E-state index >= 15 is 0 Å². The van der Waals surface area contributed by atoms with Crippen molar-refractivity contribution in [3.63, 3.8) is 0 Å². The first kappa shape index (κ1) is 67.7. The van der Waals surface area contributed by atoms with Crippen molar-refractivity contribution in [1.29, 1.82) is 0 Å².